The summed E-state index contributed by atoms with van der Waals surface area (Å²) in [6.45, 7) is 4.37. The van der Waals surface area contributed by atoms with E-state index < -0.39 is 0 Å². The van der Waals surface area contributed by atoms with E-state index in [1.165, 1.54) is 9.75 Å². The van der Waals surface area contributed by atoms with Gasteiger partial charge in [-0.3, -0.25) is 0 Å². The zero-order valence-corrected chi connectivity index (χ0v) is 12.8. The largest absolute Gasteiger partial charge is 0.344 e. The van der Waals surface area contributed by atoms with Crippen LogP contribution in [0.25, 0.3) is 0 Å². The first-order valence-electron chi connectivity index (χ1n) is 6.02. The van der Waals surface area contributed by atoms with Gasteiger partial charge < -0.3 is 10.2 Å². The molecule has 0 saturated carbocycles. The second-order valence-electron chi connectivity index (χ2n) is 4.36. The predicted octanol–water partition coefficient (Wildman–Crippen LogP) is 3.68. The molecule has 0 radical (unpaired) electrons. The van der Waals surface area contributed by atoms with Gasteiger partial charge in [-0.1, -0.05) is 6.07 Å². The number of nitrogens with zero attached hydrogens (tertiary/aromatic N) is 2. The number of anilines is 1. The molecular weight excluding hydrogens is 262 g/mol. The van der Waals surface area contributed by atoms with Gasteiger partial charge in [0, 0.05) is 29.0 Å². The number of aromatic nitrogens is 1. The number of hydrogen-bond donors (Lipinski definition) is 1. The Bertz CT molecular complexity index is 478. The topological polar surface area (TPSA) is 28.2 Å². The lowest BCUT2D eigenvalue weighted by atomic mass is 10.2. The Morgan fingerprint density at radius 1 is 1.33 bits per heavy atom. The standard InChI is InChI=1S/C13H19N3S2/c1-9(14-3)12-8-15-13(18-12)16(4)10(2)11-6-5-7-17-11/h5-10,14H,1-4H3. The maximum Gasteiger partial charge on any atom is 0.185 e. The normalized spacial score (nSPS) is 14.4. The second-order valence-corrected chi connectivity index (χ2v) is 6.38. The van der Waals surface area contributed by atoms with Crippen LogP contribution in [-0.4, -0.2) is 19.1 Å². The highest BCUT2D eigenvalue weighted by molar-refractivity contribution is 7.15. The zero-order valence-electron chi connectivity index (χ0n) is 11.2. The van der Waals surface area contributed by atoms with Crippen molar-refractivity contribution in [1.29, 1.82) is 0 Å². The number of thiazole rings is 1. The summed E-state index contributed by atoms with van der Waals surface area (Å²) in [5.74, 6) is 0. The van der Waals surface area contributed by atoms with Crippen LogP contribution in [0.4, 0.5) is 5.13 Å². The molecule has 98 valence electrons. The van der Waals surface area contributed by atoms with E-state index in [1.807, 2.05) is 13.2 Å². The molecule has 2 atom stereocenters. The first-order chi connectivity index (χ1) is 8.63. The Morgan fingerprint density at radius 3 is 2.72 bits per heavy atom. The molecule has 0 aliphatic heterocycles. The molecule has 18 heavy (non-hydrogen) atoms. The van der Waals surface area contributed by atoms with Gasteiger partial charge in [-0.05, 0) is 32.3 Å². The molecule has 3 nitrogen and oxygen atoms in total. The van der Waals surface area contributed by atoms with Crippen molar-refractivity contribution < 1.29 is 0 Å². The van der Waals surface area contributed by atoms with Gasteiger partial charge in [-0.2, -0.15) is 0 Å². The third-order valence-corrected chi connectivity index (χ3v) is 5.52. The van der Waals surface area contributed by atoms with E-state index in [1.54, 1.807) is 22.7 Å². The van der Waals surface area contributed by atoms with Crippen LogP contribution >= 0.6 is 22.7 Å². The number of hydrogen-bond acceptors (Lipinski definition) is 5. The highest BCUT2D eigenvalue weighted by Gasteiger charge is 2.17. The summed E-state index contributed by atoms with van der Waals surface area (Å²) in [4.78, 5) is 9.41. The maximum atomic E-state index is 4.53. The van der Waals surface area contributed by atoms with E-state index in [2.05, 4.69) is 53.6 Å². The van der Waals surface area contributed by atoms with Gasteiger partial charge in [-0.15, -0.1) is 22.7 Å². The van der Waals surface area contributed by atoms with E-state index >= 15 is 0 Å². The van der Waals surface area contributed by atoms with Crippen LogP contribution in [0.5, 0.6) is 0 Å². The summed E-state index contributed by atoms with van der Waals surface area (Å²) in [7, 11) is 4.08. The summed E-state index contributed by atoms with van der Waals surface area (Å²) >= 11 is 3.55. The van der Waals surface area contributed by atoms with Gasteiger partial charge in [-0.25, -0.2) is 4.98 Å². The van der Waals surface area contributed by atoms with Crippen LogP contribution < -0.4 is 10.2 Å². The molecule has 2 rings (SSSR count). The van der Waals surface area contributed by atoms with Crippen molar-refractivity contribution in [2.75, 3.05) is 19.0 Å². The summed E-state index contributed by atoms with van der Waals surface area (Å²) in [5, 5.41) is 6.44. The van der Waals surface area contributed by atoms with Crippen molar-refractivity contribution in [3.8, 4) is 0 Å². The van der Waals surface area contributed by atoms with Crippen molar-refractivity contribution >= 4 is 27.8 Å². The average Bonchev–Trinajstić information content (AvgIpc) is 3.06. The van der Waals surface area contributed by atoms with E-state index in [-0.39, 0.29) is 0 Å². The average molecular weight is 281 g/mol. The molecule has 2 aromatic rings. The third-order valence-electron chi connectivity index (χ3n) is 3.21. The van der Waals surface area contributed by atoms with E-state index in [0.29, 0.717) is 12.1 Å². The van der Waals surface area contributed by atoms with Gasteiger partial charge in [0.25, 0.3) is 0 Å². The lowest BCUT2D eigenvalue weighted by Gasteiger charge is -2.23. The van der Waals surface area contributed by atoms with Crippen LogP contribution in [-0.2, 0) is 0 Å². The lowest BCUT2D eigenvalue weighted by Crippen LogP contribution is -2.20. The van der Waals surface area contributed by atoms with Crippen molar-refractivity contribution in [2.24, 2.45) is 0 Å². The quantitative estimate of drug-likeness (QED) is 0.906. The Kier molecular flexibility index (Phi) is 4.37. The highest BCUT2D eigenvalue weighted by atomic mass is 32.1. The van der Waals surface area contributed by atoms with E-state index in [9.17, 15) is 0 Å². The summed E-state index contributed by atoms with van der Waals surface area (Å²) < 4.78 is 0. The van der Waals surface area contributed by atoms with Gasteiger partial charge in [0.1, 0.15) is 0 Å². The fraction of sp³-hybridized carbons (Fsp3) is 0.462. The Labute approximate surface area is 116 Å². The molecule has 0 aliphatic carbocycles. The number of nitrogens with one attached hydrogen (secondary N) is 1. The van der Waals surface area contributed by atoms with Crippen LogP contribution in [0.15, 0.2) is 23.7 Å². The molecule has 5 heteroatoms. The van der Waals surface area contributed by atoms with Crippen molar-refractivity contribution in [2.45, 2.75) is 25.9 Å². The van der Waals surface area contributed by atoms with Gasteiger partial charge >= 0.3 is 0 Å². The summed E-state index contributed by atoms with van der Waals surface area (Å²) in [6, 6.07) is 5.01. The van der Waals surface area contributed by atoms with Gasteiger partial charge in [0.05, 0.1) is 6.04 Å². The molecule has 2 heterocycles. The number of rotatable bonds is 5. The minimum Gasteiger partial charge on any atom is -0.344 e. The molecule has 0 aliphatic rings. The van der Waals surface area contributed by atoms with E-state index in [0.717, 1.165) is 5.13 Å². The van der Waals surface area contributed by atoms with Crippen LogP contribution in [0.3, 0.4) is 0 Å². The van der Waals surface area contributed by atoms with Crippen LogP contribution in [0, 0.1) is 0 Å². The molecule has 0 amide bonds. The Morgan fingerprint density at radius 2 is 2.11 bits per heavy atom. The summed E-state index contributed by atoms with van der Waals surface area (Å²) in [5.41, 5.74) is 0. The van der Waals surface area contributed by atoms with Gasteiger partial charge in [0.15, 0.2) is 5.13 Å². The molecule has 0 spiro atoms. The minimum atomic E-state index is 0.363. The first kappa shape index (κ1) is 13.5. The fourth-order valence-corrected chi connectivity index (χ4v) is 3.51. The van der Waals surface area contributed by atoms with Crippen LogP contribution in [0.2, 0.25) is 0 Å². The molecule has 0 fully saturated rings. The molecule has 2 aromatic heterocycles. The maximum absolute atomic E-state index is 4.53. The fourth-order valence-electron chi connectivity index (χ4n) is 1.67. The molecule has 0 saturated heterocycles. The number of thiophene rings is 1. The predicted molar refractivity (Wildman–Crippen MR) is 80.7 cm³/mol. The van der Waals surface area contributed by atoms with Crippen LogP contribution in [0.1, 0.15) is 35.7 Å². The Hall–Kier alpha value is -0.910. The second kappa shape index (κ2) is 5.82. The molecule has 1 N–H and O–H groups in total. The molecule has 0 bridgehead atoms. The molecular formula is C13H19N3S2. The first-order valence-corrected chi connectivity index (χ1v) is 7.72. The monoisotopic (exact) mass is 281 g/mol. The zero-order chi connectivity index (χ0) is 13.1. The van der Waals surface area contributed by atoms with E-state index in [4.69, 9.17) is 0 Å². The lowest BCUT2D eigenvalue weighted by molar-refractivity contribution is 0.662. The van der Waals surface area contributed by atoms with Crippen molar-refractivity contribution in [1.82, 2.24) is 10.3 Å². The van der Waals surface area contributed by atoms with Gasteiger partial charge in [0.2, 0.25) is 0 Å². The Balaban J connectivity index is 2.13. The smallest absolute Gasteiger partial charge is 0.185 e. The van der Waals surface area contributed by atoms with Crippen molar-refractivity contribution in [3.05, 3.63) is 33.5 Å². The highest BCUT2D eigenvalue weighted by Crippen LogP contribution is 2.32. The molecule has 2 unspecified atom stereocenters. The SMILES string of the molecule is CNC(C)c1cnc(N(C)C(C)c2cccs2)s1. The van der Waals surface area contributed by atoms with Crippen molar-refractivity contribution in [3.63, 3.8) is 0 Å². The molecule has 0 aromatic carbocycles. The summed E-state index contributed by atoms with van der Waals surface area (Å²) in [6.07, 6.45) is 1.97. The third kappa shape index (κ3) is 2.74. The minimum absolute atomic E-state index is 0.363.